The predicted octanol–water partition coefficient (Wildman–Crippen LogP) is 1.27. The fraction of sp³-hybridized carbons (Fsp3) is 0.667. The number of hydrogen-bond donors (Lipinski definition) is 1. The number of piperidine rings is 1. The first-order valence-electron chi connectivity index (χ1n) is 7.31. The molecule has 0 bridgehead atoms. The lowest BCUT2D eigenvalue weighted by molar-refractivity contribution is -0.128. The molecule has 1 aliphatic rings. The summed E-state index contributed by atoms with van der Waals surface area (Å²) in [5.74, 6) is 1.49. The highest BCUT2D eigenvalue weighted by atomic mass is 16.2. The van der Waals surface area contributed by atoms with Gasteiger partial charge in [0, 0.05) is 37.8 Å². The van der Waals surface area contributed by atoms with Gasteiger partial charge < -0.3 is 10.2 Å². The summed E-state index contributed by atoms with van der Waals surface area (Å²) in [6, 6.07) is 2.09. The van der Waals surface area contributed by atoms with Crippen LogP contribution in [-0.2, 0) is 11.2 Å². The van der Waals surface area contributed by atoms with Gasteiger partial charge in [-0.05, 0) is 45.3 Å². The largest absolute Gasteiger partial charge is 0.349 e. The number of rotatable bonds is 4. The summed E-state index contributed by atoms with van der Waals surface area (Å²) in [7, 11) is 3.57. The maximum absolute atomic E-state index is 11.7. The second-order valence-corrected chi connectivity index (χ2v) is 5.64. The topological polar surface area (TPSA) is 58.1 Å². The standard InChI is InChI=1S/C15H24N4O/c1-11-17-13(4-5-15(20)19(2)3)10-14(18-11)12-6-8-16-9-7-12/h10,12,16H,4-9H2,1-3H3. The smallest absolute Gasteiger partial charge is 0.222 e. The number of aryl methyl sites for hydroxylation is 2. The third-order valence-electron chi connectivity index (χ3n) is 3.76. The van der Waals surface area contributed by atoms with E-state index in [4.69, 9.17) is 0 Å². The maximum atomic E-state index is 11.7. The summed E-state index contributed by atoms with van der Waals surface area (Å²) in [4.78, 5) is 22.3. The second-order valence-electron chi connectivity index (χ2n) is 5.64. The van der Waals surface area contributed by atoms with Crippen LogP contribution in [0.3, 0.4) is 0 Å². The number of amides is 1. The minimum Gasteiger partial charge on any atom is -0.349 e. The van der Waals surface area contributed by atoms with Gasteiger partial charge >= 0.3 is 0 Å². The fourth-order valence-electron chi connectivity index (χ4n) is 2.57. The molecule has 2 heterocycles. The van der Waals surface area contributed by atoms with Gasteiger partial charge in [0.1, 0.15) is 5.82 Å². The van der Waals surface area contributed by atoms with Gasteiger partial charge in [-0.15, -0.1) is 0 Å². The van der Waals surface area contributed by atoms with Gasteiger partial charge in [-0.1, -0.05) is 0 Å². The van der Waals surface area contributed by atoms with Crippen molar-refractivity contribution < 1.29 is 4.79 Å². The van der Waals surface area contributed by atoms with E-state index in [-0.39, 0.29) is 5.91 Å². The number of hydrogen-bond acceptors (Lipinski definition) is 4. The average Bonchev–Trinajstić information content (AvgIpc) is 2.45. The Balaban J connectivity index is 2.06. The molecule has 0 saturated carbocycles. The van der Waals surface area contributed by atoms with Gasteiger partial charge in [-0.3, -0.25) is 4.79 Å². The Morgan fingerprint density at radius 2 is 2.05 bits per heavy atom. The molecule has 20 heavy (non-hydrogen) atoms. The lowest BCUT2D eigenvalue weighted by Gasteiger charge is -2.22. The third kappa shape index (κ3) is 4.00. The normalized spacial score (nSPS) is 16.1. The molecule has 5 heteroatoms. The molecular formula is C15H24N4O. The summed E-state index contributed by atoms with van der Waals surface area (Å²) in [6.07, 6.45) is 3.46. The highest BCUT2D eigenvalue weighted by Crippen LogP contribution is 2.24. The van der Waals surface area contributed by atoms with Crippen molar-refractivity contribution in [2.24, 2.45) is 0 Å². The number of aromatic nitrogens is 2. The van der Waals surface area contributed by atoms with E-state index in [2.05, 4.69) is 21.4 Å². The van der Waals surface area contributed by atoms with Crippen LogP contribution in [0.15, 0.2) is 6.07 Å². The van der Waals surface area contributed by atoms with E-state index in [0.717, 1.165) is 43.1 Å². The number of carbonyl (C=O) groups excluding carboxylic acids is 1. The van der Waals surface area contributed by atoms with Crippen LogP contribution in [0.4, 0.5) is 0 Å². The van der Waals surface area contributed by atoms with Crippen LogP contribution >= 0.6 is 0 Å². The molecule has 0 aliphatic carbocycles. The lowest BCUT2D eigenvalue weighted by atomic mass is 9.93. The molecule has 0 unspecified atom stereocenters. The second kappa shape index (κ2) is 6.79. The van der Waals surface area contributed by atoms with Crippen LogP contribution in [0.5, 0.6) is 0 Å². The van der Waals surface area contributed by atoms with E-state index in [1.807, 2.05) is 6.92 Å². The van der Waals surface area contributed by atoms with E-state index in [1.165, 1.54) is 0 Å². The summed E-state index contributed by atoms with van der Waals surface area (Å²) in [5, 5.41) is 3.37. The van der Waals surface area contributed by atoms with Gasteiger partial charge in [0.15, 0.2) is 0 Å². The zero-order valence-corrected chi connectivity index (χ0v) is 12.6. The maximum Gasteiger partial charge on any atom is 0.222 e. The summed E-state index contributed by atoms with van der Waals surface area (Å²) in [6.45, 7) is 4.05. The average molecular weight is 276 g/mol. The molecule has 1 amide bonds. The van der Waals surface area contributed by atoms with Crippen molar-refractivity contribution in [1.29, 1.82) is 0 Å². The SMILES string of the molecule is Cc1nc(CCC(=O)N(C)C)cc(C2CCNCC2)n1. The van der Waals surface area contributed by atoms with E-state index >= 15 is 0 Å². The first-order valence-corrected chi connectivity index (χ1v) is 7.31. The van der Waals surface area contributed by atoms with E-state index in [9.17, 15) is 4.79 Å². The van der Waals surface area contributed by atoms with Gasteiger partial charge in [0.2, 0.25) is 5.91 Å². The molecule has 0 spiro atoms. The molecule has 0 radical (unpaired) electrons. The molecule has 1 saturated heterocycles. The summed E-state index contributed by atoms with van der Waals surface area (Å²) < 4.78 is 0. The Bertz CT molecular complexity index is 467. The Morgan fingerprint density at radius 3 is 2.70 bits per heavy atom. The van der Waals surface area contributed by atoms with E-state index in [0.29, 0.717) is 18.8 Å². The Kier molecular flexibility index (Phi) is 5.06. The Morgan fingerprint density at radius 1 is 1.35 bits per heavy atom. The third-order valence-corrected chi connectivity index (χ3v) is 3.76. The van der Waals surface area contributed by atoms with Crippen molar-refractivity contribution >= 4 is 5.91 Å². The van der Waals surface area contributed by atoms with Crippen LogP contribution in [0.1, 0.15) is 42.4 Å². The molecule has 1 aromatic heterocycles. The van der Waals surface area contributed by atoms with Crippen molar-refractivity contribution in [1.82, 2.24) is 20.2 Å². The summed E-state index contributed by atoms with van der Waals surface area (Å²) >= 11 is 0. The van der Waals surface area contributed by atoms with Crippen molar-refractivity contribution in [2.45, 2.75) is 38.5 Å². The van der Waals surface area contributed by atoms with E-state index in [1.54, 1.807) is 19.0 Å². The molecule has 1 fully saturated rings. The lowest BCUT2D eigenvalue weighted by Crippen LogP contribution is -2.27. The van der Waals surface area contributed by atoms with Gasteiger partial charge in [0.25, 0.3) is 0 Å². The minimum absolute atomic E-state index is 0.143. The van der Waals surface area contributed by atoms with E-state index < -0.39 is 0 Å². The van der Waals surface area contributed by atoms with Gasteiger partial charge in [-0.2, -0.15) is 0 Å². The Hall–Kier alpha value is -1.49. The van der Waals surface area contributed by atoms with Crippen molar-refractivity contribution in [3.05, 3.63) is 23.3 Å². The molecule has 1 aromatic rings. The Labute approximate surface area is 120 Å². The number of carbonyl (C=O) groups is 1. The quantitative estimate of drug-likeness (QED) is 0.900. The van der Waals surface area contributed by atoms with Crippen LogP contribution in [0.2, 0.25) is 0 Å². The van der Waals surface area contributed by atoms with Crippen LogP contribution < -0.4 is 5.32 Å². The molecule has 0 aromatic carbocycles. The van der Waals surface area contributed by atoms with Gasteiger partial charge in [0.05, 0.1) is 0 Å². The number of nitrogens with one attached hydrogen (secondary N) is 1. The predicted molar refractivity (Wildman–Crippen MR) is 78.6 cm³/mol. The highest BCUT2D eigenvalue weighted by Gasteiger charge is 2.18. The number of nitrogens with zero attached hydrogens (tertiary/aromatic N) is 3. The fourth-order valence-corrected chi connectivity index (χ4v) is 2.57. The zero-order valence-electron chi connectivity index (χ0n) is 12.6. The zero-order chi connectivity index (χ0) is 14.5. The minimum atomic E-state index is 0.143. The summed E-state index contributed by atoms with van der Waals surface area (Å²) in [5.41, 5.74) is 2.13. The first-order chi connectivity index (χ1) is 9.56. The molecule has 110 valence electrons. The molecule has 1 aliphatic heterocycles. The van der Waals surface area contributed by atoms with Crippen LogP contribution in [0, 0.1) is 6.92 Å². The van der Waals surface area contributed by atoms with Crippen LogP contribution in [0.25, 0.3) is 0 Å². The van der Waals surface area contributed by atoms with Crippen molar-refractivity contribution in [2.75, 3.05) is 27.2 Å². The van der Waals surface area contributed by atoms with Crippen molar-refractivity contribution in [3.8, 4) is 0 Å². The first kappa shape index (κ1) is 14.9. The monoisotopic (exact) mass is 276 g/mol. The molecular weight excluding hydrogens is 252 g/mol. The molecule has 1 N–H and O–H groups in total. The van der Waals surface area contributed by atoms with Gasteiger partial charge in [-0.25, -0.2) is 9.97 Å². The highest BCUT2D eigenvalue weighted by molar-refractivity contribution is 5.75. The van der Waals surface area contributed by atoms with Crippen LogP contribution in [-0.4, -0.2) is 48.0 Å². The molecule has 2 rings (SSSR count). The molecule has 0 atom stereocenters. The van der Waals surface area contributed by atoms with Crippen molar-refractivity contribution in [3.63, 3.8) is 0 Å². The molecule has 5 nitrogen and oxygen atoms in total.